The minimum absolute atomic E-state index is 0.0715. The minimum Gasteiger partial charge on any atom is -0.494 e. The maximum Gasteiger partial charge on any atom is 0.337 e. The number of hydrogen-bond acceptors (Lipinski definition) is 4. The Kier molecular flexibility index (Phi) is 4.34. The molecule has 0 heterocycles. The van der Waals surface area contributed by atoms with Crippen LogP contribution in [0.1, 0.15) is 13.8 Å². The lowest BCUT2D eigenvalue weighted by molar-refractivity contribution is -0.155. The quantitative estimate of drug-likeness (QED) is 0.698. The van der Waals surface area contributed by atoms with Crippen molar-refractivity contribution in [3.8, 4) is 5.75 Å². The Balaban J connectivity index is 2.63. The summed E-state index contributed by atoms with van der Waals surface area (Å²) in [6.45, 7) is 3.62. The molecule has 0 amide bonds. The van der Waals surface area contributed by atoms with Crippen LogP contribution >= 0.6 is 0 Å². The van der Waals surface area contributed by atoms with Crippen molar-refractivity contribution in [2.24, 2.45) is 0 Å². The number of aliphatic hydroxyl groups is 1. The van der Waals surface area contributed by atoms with Crippen molar-refractivity contribution >= 4 is 11.7 Å². The van der Waals surface area contributed by atoms with E-state index >= 15 is 0 Å². The van der Waals surface area contributed by atoms with Gasteiger partial charge in [0.25, 0.3) is 0 Å². The van der Waals surface area contributed by atoms with Crippen molar-refractivity contribution in [2.75, 3.05) is 18.5 Å². The number of carboxylic acids is 1. The van der Waals surface area contributed by atoms with Crippen molar-refractivity contribution in [3.05, 3.63) is 24.3 Å². The number of carboxylic acid groups (broad SMARTS) is 1. The molecular weight excluding hydrogens is 222 g/mol. The number of anilines is 1. The molecule has 5 heteroatoms. The van der Waals surface area contributed by atoms with Crippen LogP contribution in [0.2, 0.25) is 0 Å². The molecule has 1 aromatic carbocycles. The first-order chi connectivity index (χ1) is 7.95. The Bertz CT molecular complexity index is 390. The smallest absolute Gasteiger partial charge is 0.337 e. The standard InChI is InChI=1S/C12H17NO4/c1-3-17-10-6-4-5-9(7-10)13-8-12(2,16)11(14)15/h4-7,13,16H,3,8H2,1-2H3,(H,14,15). The number of benzene rings is 1. The van der Waals surface area contributed by atoms with Gasteiger partial charge in [0.05, 0.1) is 13.2 Å². The zero-order valence-electron chi connectivity index (χ0n) is 9.93. The third-order valence-corrected chi connectivity index (χ3v) is 2.24. The van der Waals surface area contributed by atoms with E-state index in [1.807, 2.05) is 13.0 Å². The molecule has 3 N–H and O–H groups in total. The average Bonchev–Trinajstić information content (AvgIpc) is 2.27. The van der Waals surface area contributed by atoms with Crippen LogP contribution in [-0.4, -0.2) is 34.9 Å². The second kappa shape index (κ2) is 5.54. The molecule has 0 aliphatic heterocycles. The highest BCUT2D eigenvalue weighted by Gasteiger charge is 2.29. The van der Waals surface area contributed by atoms with Crippen molar-refractivity contribution in [3.63, 3.8) is 0 Å². The first kappa shape index (κ1) is 13.3. The van der Waals surface area contributed by atoms with Gasteiger partial charge in [0.1, 0.15) is 5.75 Å². The minimum atomic E-state index is -1.79. The molecule has 94 valence electrons. The third-order valence-electron chi connectivity index (χ3n) is 2.24. The van der Waals surface area contributed by atoms with Gasteiger partial charge in [0, 0.05) is 11.8 Å². The average molecular weight is 239 g/mol. The van der Waals surface area contributed by atoms with E-state index in [9.17, 15) is 9.90 Å². The summed E-state index contributed by atoms with van der Waals surface area (Å²) >= 11 is 0. The Labute approximate surface area is 100 Å². The van der Waals surface area contributed by atoms with Crippen molar-refractivity contribution in [2.45, 2.75) is 19.4 Å². The summed E-state index contributed by atoms with van der Waals surface area (Å²) in [5.74, 6) is -0.557. The maximum atomic E-state index is 10.7. The van der Waals surface area contributed by atoms with E-state index in [1.54, 1.807) is 18.2 Å². The molecule has 0 aliphatic rings. The van der Waals surface area contributed by atoms with Crippen LogP contribution in [0.25, 0.3) is 0 Å². The second-order valence-electron chi connectivity index (χ2n) is 3.89. The van der Waals surface area contributed by atoms with Crippen LogP contribution in [0.5, 0.6) is 5.75 Å². The van der Waals surface area contributed by atoms with E-state index in [0.29, 0.717) is 18.0 Å². The molecule has 0 fully saturated rings. The van der Waals surface area contributed by atoms with E-state index in [-0.39, 0.29) is 6.54 Å². The zero-order chi connectivity index (χ0) is 12.9. The molecule has 0 aromatic heterocycles. The number of rotatable bonds is 6. The lowest BCUT2D eigenvalue weighted by Crippen LogP contribution is -2.41. The number of carbonyl (C=O) groups is 1. The summed E-state index contributed by atoms with van der Waals surface area (Å²) in [6, 6.07) is 7.13. The summed E-state index contributed by atoms with van der Waals surface area (Å²) in [5, 5.41) is 21.1. The molecule has 0 radical (unpaired) electrons. The fourth-order valence-electron chi connectivity index (χ4n) is 1.21. The number of ether oxygens (including phenoxy) is 1. The van der Waals surface area contributed by atoms with Crippen LogP contribution in [0, 0.1) is 0 Å². The van der Waals surface area contributed by atoms with Crippen molar-refractivity contribution in [1.29, 1.82) is 0 Å². The molecule has 1 rings (SSSR count). The molecule has 0 saturated carbocycles. The predicted octanol–water partition coefficient (Wildman–Crippen LogP) is 1.33. The first-order valence-electron chi connectivity index (χ1n) is 5.38. The fourth-order valence-corrected chi connectivity index (χ4v) is 1.21. The molecule has 17 heavy (non-hydrogen) atoms. The highest BCUT2D eigenvalue weighted by molar-refractivity contribution is 5.77. The van der Waals surface area contributed by atoms with Gasteiger partial charge in [-0.15, -0.1) is 0 Å². The van der Waals surface area contributed by atoms with E-state index in [0.717, 1.165) is 0 Å². The van der Waals surface area contributed by atoms with E-state index < -0.39 is 11.6 Å². The van der Waals surface area contributed by atoms with E-state index in [4.69, 9.17) is 9.84 Å². The molecule has 1 atom stereocenters. The summed E-state index contributed by atoms with van der Waals surface area (Å²) in [4.78, 5) is 10.7. The molecule has 1 unspecified atom stereocenters. The molecule has 5 nitrogen and oxygen atoms in total. The topological polar surface area (TPSA) is 78.8 Å². The normalized spacial score (nSPS) is 13.8. The first-order valence-corrected chi connectivity index (χ1v) is 5.38. The highest BCUT2D eigenvalue weighted by Crippen LogP contribution is 2.18. The molecule has 0 spiro atoms. The van der Waals surface area contributed by atoms with Gasteiger partial charge >= 0.3 is 5.97 Å². The van der Waals surface area contributed by atoms with Crippen LogP contribution in [0.15, 0.2) is 24.3 Å². The number of aliphatic carboxylic acids is 1. The van der Waals surface area contributed by atoms with Gasteiger partial charge in [-0.3, -0.25) is 0 Å². The van der Waals surface area contributed by atoms with Gasteiger partial charge in [-0.1, -0.05) is 6.07 Å². The molecule has 0 saturated heterocycles. The lowest BCUT2D eigenvalue weighted by Gasteiger charge is -2.19. The maximum absolute atomic E-state index is 10.7. The van der Waals surface area contributed by atoms with Gasteiger partial charge in [-0.05, 0) is 26.0 Å². The predicted molar refractivity (Wildman–Crippen MR) is 64.4 cm³/mol. The van der Waals surface area contributed by atoms with E-state index in [2.05, 4.69) is 5.32 Å². The van der Waals surface area contributed by atoms with Gasteiger partial charge in [-0.25, -0.2) is 4.79 Å². The van der Waals surface area contributed by atoms with E-state index in [1.165, 1.54) is 6.92 Å². The van der Waals surface area contributed by atoms with Crippen LogP contribution in [0.3, 0.4) is 0 Å². The SMILES string of the molecule is CCOc1cccc(NCC(C)(O)C(=O)O)c1. The Morgan fingerprint density at radius 2 is 2.24 bits per heavy atom. The fraction of sp³-hybridized carbons (Fsp3) is 0.417. The van der Waals surface area contributed by atoms with Crippen LogP contribution in [-0.2, 0) is 4.79 Å². The largest absolute Gasteiger partial charge is 0.494 e. The van der Waals surface area contributed by atoms with Crippen LogP contribution in [0.4, 0.5) is 5.69 Å². The zero-order valence-corrected chi connectivity index (χ0v) is 9.93. The Morgan fingerprint density at radius 1 is 1.53 bits per heavy atom. The van der Waals surface area contributed by atoms with Crippen molar-refractivity contribution < 1.29 is 19.7 Å². The summed E-state index contributed by atoms with van der Waals surface area (Å²) < 4.78 is 5.31. The number of hydrogen-bond donors (Lipinski definition) is 3. The molecule has 0 bridgehead atoms. The summed E-state index contributed by atoms with van der Waals surface area (Å²) in [6.07, 6.45) is 0. The van der Waals surface area contributed by atoms with Gasteiger partial charge in [0.2, 0.25) is 0 Å². The monoisotopic (exact) mass is 239 g/mol. The Morgan fingerprint density at radius 3 is 2.82 bits per heavy atom. The third kappa shape index (κ3) is 3.96. The van der Waals surface area contributed by atoms with Crippen LogP contribution < -0.4 is 10.1 Å². The second-order valence-corrected chi connectivity index (χ2v) is 3.89. The highest BCUT2D eigenvalue weighted by atomic mass is 16.5. The molecule has 1 aromatic rings. The molecule has 0 aliphatic carbocycles. The number of nitrogens with one attached hydrogen (secondary N) is 1. The van der Waals surface area contributed by atoms with Gasteiger partial charge in [-0.2, -0.15) is 0 Å². The summed E-state index contributed by atoms with van der Waals surface area (Å²) in [7, 11) is 0. The lowest BCUT2D eigenvalue weighted by atomic mass is 10.1. The molecular formula is C12H17NO4. The van der Waals surface area contributed by atoms with Crippen molar-refractivity contribution in [1.82, 2.24) is 0 Å². The van der Waals surface area contributed by atoms with Gasteiger partial charge in [0.15, 0.2) is 5.60 Å². The van der Waals surface area contributed by atoms with Gasteiger partial charge < -0.3 is 20.3 Å². The Hall–Kier alpha value is -1.75. The summed E-state index contributed by atoms with van der Waals surface area (Å²) in [5.41, 5.74) is -1.08.